The Morgan fingerprint density at radius 1 is 1.15 bits per heavy atom. The minimum absolute atomic E-state index is 0.0582. The SMILES string of the molecule is Cc1[nH]ncc1C#CCNC(=O)OCC1c2ccccc2-c2ccccc21. The van der Waals surface area contributed by atoms with Crippen LogP contribution in [0.4, 0.5) is 4.79 Å². The first kappa shape index (κ1) is 16.9. The van der Waals surface area contributed by atoms with Gasteiger partial charge >= 0.3 is 6.09 Å². The number of ether oxygens (including phenoxy) is 1. The first-order chi connectivity index (χ1) is 13.2. The molecule has 0 saturated heterocycles. The molecule has 4 rings (SSSR count). The van der Waals surface area contributed by atoms with E-state index in [1.165, 1.54) is 22.3 Å². The maximum absolute atomic E-state index is 12.0. The number of carbonyl (C=O) groups is 1. The van der Waals surface area contributed by atoms with Crippen molar-refractivity contribution in [1.82, 2.24) is 15.5 Å². The quantitative estimate of drug-likeness (QED) is 0.704. The Bertz CT molecular complexity index is 997. The summed E-state index contributed by atoms with van der Waals surface area (Å²) < 4.78 is 5.46. The predicted molar refractivity (Wildman–Crippen MR) is 103 cm³/mol. The number of hydrogen-bond donors (Lipinski definition) is 2. The van der Waals surface area contributed by atoms with Gasteiger partial charge in [-0.2, -0.15) is 5.10 Å². The van der Waals surface area contributed by atoms with Crippen LogP contribution in [0.1, 0.15) is 28.3 Å². The molecule has 2 aromatic carbocycles. The summed E-state index contributed by atoms with van der Waals surface area (Å²) in [6.07, 6.45) is 1.20. The Hall–Kier alpha value is -3.52. The van der Waals surface area contributed by atoms with Crippen LogP contribution in [0, 0.1) is 18.8 Å². The van der Waals surface area contributed by atoms with E-state index < -0.39 is 6.09 Å². The van der Waals surface area contributed by atoms with Crippen LogP contribution >= 0.6 is 0 Å². The monoisotopic (exact) mass is 357 g/mol. The third-order valence-electron chi connectivity index (χ3n) is 4.72. The highest BCUT2D eigenvalue weighted by molar-refractivity contribution is 5.79. The molecule has 1 heterocycles. The average molecular weight is 357 g/mol. The van der Waals surface area contributed by atoms with Gasteiger partial charge in [0.1, 0.15) is 6.61 Å². The second-order valence-electron chi connectivity index (χ2n) is 6.39. The van der Waals surface area contributed by atoms with Crippen LogP contribution in [-0.2, 0) is 4.74 Å². The molecule has 0 aliphatic heterocycles. The van der Waals surface area contributed by atoms with Gasteiger partial charge in [-0.3, -0.25) is 5.10 Å². The number of aromatic amines is 1. The molecule has 5 nitrogen and oxygen atoms in total. The smallest absolute Gasteiger partial charge is 0.407 e. The summed E-state index contributed by atoms with van der Waals surface area (Å²) >= 11 is 0. The first-order valence-corrected chi connectivity index (χ1v) is 8.81. The van der Waals surface area contributed by atoms with Gasteiger partial charge in [0.2, 0.25) is 0 Å². The van der Waals surface area contributed by atoms with Crippen molar-refractivity contribution in [3.05, 3.63) is 77.1 Å². The molecule has 0 fully saturated rings. The molecule has 0 radical (unpaired) electrons. The summed E-state index contributed by atoms with van der Waals surface area (Å²) in [6, 6.07) is 16.5. The van der Waals surface area contributed by atoms with Gasteiger partial charge in [-0.25, -0.2) is 4.79 Å². The third kappa shape index (κ3) is 3.42. The van der Waals surface area contributed by atoms with Crippen LogP contribution in [0.25, 0.3) is 11.1 Å². The van der Waals surface area contributed by atoms with E-state index in [-0.39, 0.29) is 12.5 Å². The van der Waals surface area contributed by atoms with Crippen molar-refractivity contribution in [1.29, 1.82) is 0 Å². The topological polar surface area (TPSA) is 67.0 Å². The van der Waals surface area contributed by atoms with Crippen LogP contribution in [0.3, 0.4) is 0 Å². The highest BCUT2D eigenvalue weighted by atomic mass is 16.5. The Morgan fingerprint density at radius 3 is 2.44 bits per heavy atom. The fourth-order valence-electron chi connectivity index (χ4n) is 3.38. The first-order valence-electron chi connectivity index (χ1n) is 8.81. The lowest BCUT2D eigenvalue weighted by atomic mass is 9.98. The van der Waals surface area contributed by atoms with Crippen molar-refractivity contribution in [2.75, 3.05) is 13.2 Å². The van der Waals surface area contributed by atoms with Gasteiger partial charge < -0.3 is 10.1 Å². The van der Waals surface area contributed by atoms with Gasteiger partial charge in [-0.1, -0.05) is 60.4 Å². The van der Waals surface area contributed by atoms with Crippen LogP contribution in [0.5, 0.6) is 0 Å². The molecule has 2 N–H and O–H groups in total. The molecule has 0 atom stereocenters. The zero-order valence-electron chi connectivity index (χ0n) is 15.0. The molecule has 1 amide bonds. The summed E-state index contributed by atoms with van der Waals surface area (Å²) in [7, 11) is 0. The minimum atomic E-state index is -0.463. The molecular formula is C22H19N3O2. The summed E-state index contributed by atoms with van der Waals surface area (Å²) in [5.41, 5.74) is 6.54. The van der Waals surface area contributed by atoms with Gasteiger partial charge in [-0.15, -0.1) is 0 Å². The molecule has 134 valence electrons. The lowest BCUT2D eigenvalue weighted by molar-refractivity contribution is 0.144. The van der Waals surface area contributed by atoms with Crippen molar-refractivity contribution in [3.8, 4) is 23.0 Å². The molecule has 0 saturated carbocycles. The lowest BCUT2D eigenvalue weighted by Gasteiger charge is -2.14. The average Bonchev–Trinajstić information content (AvgIpc) is 3.25. The molecule has 0 unspecified atom stereocenters. The summed E-state index contributed by atoms with van der Waals surface area (Å²) in [6.45, 7) is 2.42. The maximum Gasteiger partial charge on any atom is 0.407 e. The van der Waals surface area contributed by atoms with Gasteiger partial charge in [0, 0.05) is 11.6 Å². The van der Waals surface area contributed by atoms with Crippen molar-refractivity contribution >= 4 is 6.09 Å². The molecule has 0 bridgehead atoms. The zero-order valence-corrected chi connectivity index (χ0v) is 15.0. The normalized spacial score (nSPS) is 11.9. The Morgan fingerprint density at radius 2 is 1.81 bits per heavy atom. The summed E-state index contributed by atoms with van der Waals surface area (Å²) in [5, 5.41) is 9.40. The van der Waals surface area contributed by atoms with E-state index in [1.54, 1.807) is 6.20 Å². The minimum Gasteiger partial charge on any atom is -0.449 e. The van der Waals surface area contributed by atoms with Crippen LogP contribution < -0.4 is 5.32 Å². The van der Waals surface area contributed by atoms with Crippen LogP contribution in [0.15, 0.2) is 54.7 Å². The fraction of sp³-hybridized carbons (Fsp3) is 0.182. The number of nitrogens with one attached hydrogen (secondary N) is 2. The molecule has 3 aromatic rings. The molecule has 1 aliphatic rings. The number of aryl methyl sites for hydroxylation is 1. The van der Waals surface area contributed by atoms with Gasteiger partial charge in [0.15, 0.2) is 0 Å². The van der Waals surface area contributed by atoms with Gasteiger partial charge in [0.05, 0.1) is 18.3 Å². The Labute approximate surface area is 157 Å². The van der Waals surface area contributed by atoms with Crippen molar-refractivity contribution in [2.24, 2.45) is 0 Å². The number of benzene rings is 2. The fourth-order valence-corrected chi connectivity index (χ4v) is 3.38. The highest BCUT2D eigenvalue weighted by Crippen LogP contribution is 2.44. The second kappa shape index (κ2) is 7.38. The number of nitrogens with zero attached hydrogens (tertiary/aromatic N) is 1. The van der Waals surface area contributed by atoms with Crippen molar-refractivity contribution < 1.29 is 9.53 Å². The van der Waals surface area contributed by atoms with Gasteiger partial charge in [-0.05, 0) is 29.2 Å². The number of rotatable bonds is 3. The van der Waals surface area contributed by atoms with Crippen molar-refractivity contribution in [2.45, 2.75) is 12.8 Å². The number of fused-ring (bicyclic) bond motifs is 3. The maximum atomic E-state index is 12.0. The summed E-state index contributed by atoms with van der Waals surface area (Å²) in [4.78, 5) is 12.0. The largest absolute Gasteiger partial charge is 0.449 e. The number of aromatic nitrogens is 2. The zero-order chi connectivity index (χ0) is 18.6. The molecule has 0 spiro atoms. The molecule has 5 heteroatoms. The number of hydrogen-bond acceptors (Lipinski definition) is 3. The van der Waals surface area contributed by atoms with E-state index in [0.717, 1.165) is 11.3 Å². The van der Waals surface area contributed by atoms with E-state index >= 15 is 0 Å². The number of H-pyrrole nitrogens is 1. The Kier molecular flexibility index (Phi) is 4.63. The van der Waals surface area contributed by atoms with E-state index in [1.807, 2.05) is 31.2 Å². The third-order valence-corrected chi connectivity index (χ3v) is 4.72. The highest BCUT2D eigenvalue weighted by Gasteiger charge is 2.28. The molecule has 1 aliphatic carbocycles. The lowest BCUT2D eigenvalue weighted by Crippen LogP contribution is -2.26. The molecular weight excluding hydrogens is 338 g/mol. The van der Waals surface area contributed by atoms with Crippen LogP contribution in [0.2, 0.25) is 0 Å². The number of alkyl carbamates (subject to hydrolysis) is 1. The van der Waals surface area contributed by atoms with Gasteiger partial charge in [0.25, 0.3) is 0 Å². The van der Waals surface area contributed by atoms with E-state index in [4.69, 9.17) is 4.74 Å². The second-order valence-corrected chi connectivity index (χ2v) is 6.39. The van der Waals surface area contributed by atoms with Crippen LogP contribution in [-0.4, -0.2) is 29.4 Å². The van der Waals surface area contributed by atoms with E-state index in [0.29, 0.717) is 6.61 Å². The standard InChI is InChI=1S/C22H19N3O2/c1-15-16(13-24-25-15)7-6-12-23-22(26)27-14-21-19-10-4-2-8-17(19)18-9-3-5-11-20(18)21/h2-5,8-11,13,21H,12,14H2,1H3,(H,23,26)(H,24,25). The summed E-state index contributed by atoms with van der Waals surface area (Å²) in [5.74, 6) is 5.91. The molecule has 27 heavy (non-hydrogen) atoms. The molecule has 1 aromatic heterocycles. The number of carbonyl (C=O) groups excluding carboxylic acids is 1. The predicted octanol–water partition coefficient (Wildman–Crippen LogP) is 3.61. The van der Waals surface area contributed by atoms with Crippen molar-refractivity contribution in [3.63, 3.8) is 0 Å². The van der Waals surface area contributed by atoms with E-state index in [2.05, 4.69) is 51.6 Å². The van der Waals surface area contributed by atoms with E-state index in [9.17, 15) is 4.79 Å². The Balaban J connectivity index is 1.37. The number of amides is 1.